The van der Waals surface area contributed by atoms with Crippen molar-refractivity contribution in [3.8, 4) is 5.75 Å². The molecule has 0 amide bonds. The van der Waals surface area contributed by atoms with E-state index in [4.69, 9.17) is 14.2 Å². The highest BCUT2D eigenvalue weighted by Crippen LogP contribution is 2.49. The fraction of sp³-hybridized carbons (Fsp3) is 0.194. The Labute approximate surface area is 230 Å². The van der Waals surface area contributed by atoms with Gasteiger partial charge in [-0.05, 0) is 35.6 Å². The zero-order chi connectivity index (χ0) is 28.5. The van der Waals surface area contributed by atoms with Crippen LogP contribution in [0.5, 0.6) is 5.75 Å². The van der Waals surface area contributed by atoms with Crippen LogP contribution in [0, 0.1) is 10.1 Å². The van der Waals surface area contributed by atoms with Crippen LogP contribution >= 0.6 is 0 Å². The Kier molecular flexibility index (Phi) is 8.86. The van der Waals surface area contributed by atoms with Gasteiger partial charge in [0.2, 0.25) is 0 Å². The molecule has 1 heterocycles. The van der Waals surface area contributed by atoms with Gasteiger partial charge in [0, 0.05) is 23.8 Å². The van der Waals surface area contributed by atoms with Gasteiger partial charge in [0.15, 0.2) is 0 Å². The molecule has 1 unspecified atom stereocenters. The van der Waals surface area contributed by atoms with E-state index in [1.165, 1.54) is 24.3 Å². The number of allylic oxidation sites excluding steroid dienone is 1. The van der Waals surface area contributed by atoms with E-state index in [9.17, 15) is 24.5 Å². The van der Waals surface area contributed by atoms with Crippen LogP contribution in [0.15, 0.2) is 103 Å². The van der Waals surface area contributed by atoms with E-state index in [1.807, 2.05) is 60.7 Å². The lowest BCUT2D eigenvalue weighted by atomic mass is 9.71. The summed E-state index contributed by atoms with van der Waals surface area (Å²) in [6.45, 7) is 4.17. The third-order valence-electron chi connectivity index (χ3n) is 6.55. The third kappa shape index (κ3) is 6.50. The number of nitro benzene ring substituents is 1. The van der Waals surface area contributed by atoms with Gasteiger partial charge < -0.3 is 14.2 Å². The second-order valence-corrected chi connectivity index (χ2v) is 9.19. The summed E-state index contributed by atoms with van der Waals surface area (Å²) >= 11 is 0. The average Bonchev–Trinajstić information content (AvgIpc) is 3.25. The number of esters is 3. The number of rotatable bonds is 12. The molecule has 1 aliphatic rings. The van der Waals surface area contributed by atoms with Gasteiger partial charge in [0.25, 0.3) is 5.69 Å². The zero-order valence-electron chi connectivity index (χ0n) is 21.6. The van der Waals surface area contributed by atoms with Crippen molar-refractivity contribution in [1.82, 2.24) is 0 Å². The summed E-state index contributed by atoms with van der Waals surface area (Å²) < 4.78 is 16.1. The van der Waals surface area contributed by atoms with Crippen LogP contribution in [-0.4, -0.2) is 22.8 Å². The second kappa shape index (κ2) is 12.7. The van der Waals surface area contributed by atoms with Gasteiger partial charge >= 0.3 is 17.9 Å². The predicted octanol–water partition coefficient (Wildman–Crippen LogP) is 5.52. The number of carbonyl (C=O) groups excluding carboxylic acids is 3. The summed E-state index contributed by atoms with van der Waals surface area (Å²) in [6, 6.07) is 22.2. The molecule has 1 aliphatic heterocycles. The van der Waals surface area contributed by atoms with Crippen molar-refractivity contribution in [2.24, 2.45) is 0 Å². The Bertz CT molecular complexity index is 1450. The minimum Gasteiger partial charge on any atom is -0.461 e. The summed E-state index contributed by atoms with van der Waals surface area (Å²) in [5.74, 6) is -1.73. The number of carbonyl (C=O) groups is 3. The van der Waals surface area contributed by atoms with Crippen LogP contribution < -0.4 is 4.74 Å². The second-order valence-electron chi connectivity index (χ2n) is 9.19. The van der Waals surface area contributed by atoms with E-state index in [-0.39, 0.29) is 55.0 Å². The standard InChI is InChI=1S/C31H27NO8/c1-22(18-29(34)39-21-24-12-6-3-7-13-24)31(26-19-25(32(36)37)15-16-27(26)40-30(31)35)17-9-8-14-28(33)38-20-23-10-4-2-5-11-23/h2-8,10-16,19H,1,9,17-18,20-21H2/b14-8+. The summed E-state index contributed by atoms with van der Waals surface area (Å²) in [7, 11) is 0. The van der Waals surface area contributed by atoms with Crippen LogP contribution in [-0.2, 0) is 42.5 Å². The molecule has 3 aromatic carbocycles. The molecular weight excluding hydrogens is 514 g/mol. The molecule has 0 spiro atoms. The van der Waals surface area contributed by atoms with Gasteiger partial charge in [0.05, 0.1) is 11.3 Å². The molecule has 0 bridgehead atoms. The Hall–Kier alpha value is -5.05. The monoisotopic (exact) mass is 541 g/mol. The van der Waals surface area contributed by atoms with Crippen molar-refractivity contribution in [2.75, 3.05) is 0 Å². The fourth-order valence-corrected chi connectivity index (χ4v) is 4.47. The average molecular weight is 542 g/mol. The largest absolute Gasteiger partial charge is 0.461 e. The van der Waals surface area contributed by atoms with E-state index in [0.29, 0.717) is 0 Å². The maximum absolute atomic E-state index is 13.3. The zero-order valence-corrected chi connectivity index (χ0v) is 21.6. The molecule has 0 saturated heterocycles. The highest BCUT2D eigenvalue weighted by Gasteiger charge is 2.51. The molecule has 1 atom stereocenters. The van der Waals surface area contributed by atoms with Crippen LogP contribution in [0.25, 0.3) is 0 Å². The summed E-state index contributed by atoms with van der Waals surface area (Å²) in [5, 5.41) is 11.5. The lowest BCUT2D eigenvalue weighted by Crippen LogP contribution is -2.36. The van der Waals surface area contributed by atoms with Crippen molar-refractivity contribution in [2.45, 2.75) is 37.9 Å². The number of hydrogen-bond donors (Lipinski definition) is 0. The Morgan fingerprint density at radius 1 is 0.950 bits per heavy atom. The molecular formula is C31H27NO8. The number of nitrogens with zero attached hydrogens (tertiary/aromatic N) is 1. The number of nitro groups is 1. The molecule has 9 heteroatoms. The van der Waals surface area contributed by atoms with Crippen molar-refractivity contribution in [3.05, 3.63) is 130 Å². The highest BCUT2D eigenvalue weighted by atomic mass is 16.6. The van der Waals surface area contributed by atoms with Gasteiger partial charge in [0.1, 0.15) is 24.4 Å². The van der Waals surface area contributed by atoms with Crippen molar-refractivity contribution < 1.29 is 33.5 Å². The van der Waals surface area contributed by atoms with Gasteiger partial charge in [-0.25, -0.2) is 4.79 Å². The van der Waals surface area contributed by atoms with Crippen LogP contribution in [0.1, 0.15) is 36.0 Å². The first kappa shape index (κ1) is 28.0. The topological polar surface area (TPSA) is 122 Å². The van der Waals surface area contributed by atoms with E-state index >= 15 is 0 Å². The Balaban J connectivity index is 1.49. The minimum atomic E-state index is -1.55. The molecule has 0 aromatic heterocycles. The van der Waals surface area contributed by atoms with Crippen molar-refractivity contribution in [1.29, 1.82) is 0 Å². The number of non-ortho nitro benzene ring substituents is 1. The van der Waals surface area contributed by atoms with Crippen molar-refractivity contribution in [3.63, 3.8) is 0 Å². The van der Waals surface area contributed by atoms with E-state index < -0.39 is 28.2 Å². The number of hydrogen-bond acceptors (Lipinski definition) is 8. The van der Waals surface area contributed by atoms with Crippen molar-refractivity contribution >= 4 is 23.6 Å². The predicted molar refractivity (Wildman–Crippen MR) is 145 cm³/mol. The molecule has 0 radical (unpaired) electrons. The molecule has 204 valence electrons. The molecule has 0 saturated carbocycles. The molecule has 0 aliphatic carbocycles. The van der Waals surface area contributed by atoms with E-state index in [0.717, 1.165) is 11.1 Å². The minimum absolute atomic E-state index is 0.0420. The van der Waals surface area contributed by atoms with Gasteiger partial charge in [-0.1, -0.05) is 73.3 Å². The normalized spacial score (nSPS) is 15.8. The number of benzene rings is 3. The van der Waals surface area contributed by atoms with Crippen LogP contribution in [0.2, 0.25) is 0 Å². The quantitative estimate of drug-likeness (QED) is 0.0734. The molecule has 4 rings (SSSR count). The number of ether oxygens (including phenoxy) is 3. The molecule has 9 nitrogen and oxygen atoms in total. The van der Waals surface area contributed by atoms with E-state index in [1.54, 1.807) is 6.08 Å². The summed E-state index contributed by atoms with van der Waals surface area (Å²) in [6.07, 6.45) is 2.72. The number of fused-ring (bicyclic) bond motifs is 1. The smallest absolute Gasteiger partial charge is 0.330 e. The Morgan fingerprint density at radius 2 is 1.57 bits per heavy atom. The van der Waals surface area contributed by atoms with Gasteiger partial charge in [-0.15, -0.1) is 0 Å². The van der Waals surface area contributed by atoms with Gasteiger partial charge in [-0.2, -0.15) is 0 Å². The first-order valence-electron chi connectivity index (χ1n) is 12.6. The molecule has 3 aromatic rings. The third-order valence-corrected chi connectivity index (χ3v) is 6.55. The summed E-state index contributed by atoms with van der Waals surface area (Å²) in [4.78, 5) is 49.1. The lowest BCUT2D eigenvalue weighted by molar-refractivity contribution is -0.384. The molecule has 40 heavy (non-hydrogen) atoms. The SMILES string of the molecule is C=C(CC(=O)OCc1ccccc1)C1(CC/C=C/C(=O)OCc2ccccc2)C(=O)Oc2ccc([N+](=O)[O-])cc21. The first-order chi connectivity index (χ1) is 19.3. The summed E-state index contributed by atoms with van der Waals surface area (Å²) in [5.41, 5.74) is 0.265. The van der Waals surface area contributed by atoms with Gasteiger partial charge in [-0.3, -0.25) is 19.7 Å². The molecule has 0 N–H and O–H groups in total. The lowest BCUT2D eigenvalue weighted by Gasteiger charge is -2.27. The van der Waals surface area contributed by atoms with E-state index in [2.05, 4.69) is 6.58 Å². The molecule has 0 fully saturated rings. The van der Waals surface area contributed by atoms with Crippen LogP contribution in [0.4, 0.5) is 5.69 Å². The maximum atomic E-state index is 13.3. The highest BCUT2D eigenvalue weighted by molar-refractivity contribution is 5.95. The maximum Gasteiger partial charge on any atom is 0.330 e. The Morgan fingerprint density at radius 3 is 2.20 bits per heavy atom. The van der Waals surface area contributed by atoms with Crippen LogP contribution in [0.3, 0.4) is 0 Å². The first-order valence-corrected chi connectivity index (χ1v) is 12.6. The fourth-order valence-electron chi connectivity index (χ4n) is 4.47.